The largest absolute Gasteiger partial charge is 0.358 e. The van der Waals surface area contributed by atoms with E-state index in [1.54, 1.807) is 0 Å². The van der Waals surface area contributed by atoms with Gasteiger partial charge in [0.25, 0.3) is 0 Å². The van der Waals surface area contributed by atoms with E-state index in [-0.39, 0.29) is 40.1 Å². The SMILES string of the molecule is [CH2-]CCCC(C)CC.[CH3-].[Y]. The van der Waals surface area contributed by atoms with E-state index in [0.717, 1.165) is 12.3 Å². The van der Waals surface area contributed by atoms with Crippen molar-refractivity contribution in [1.82, 2.24) is 0 Å². The molecule has 61 valence electrons. The van der Waals surface area contributed by atoms with Crippen LogP contribution in [-0.2, 0) is 32.7 Å². The number of rotatable bonds is 4. The van der Waals surface area contributed by atoms with E-state index >= 15 is 0 Å². The van der Waals surface area contributed by atoms with Gasteiger partial charge < -0.3 is 14.4 Å². The van der Waals surface area contributed by atoms with Gasteiger partial charge in [-0.1, -0.05) is 33.1 Å². The van der Waals surface area contributed by atoms with Crippen molar-refractivity contribution in [1.29, 1.82) is 0 Å². The topological polar surface area (TPSA) is 0 Å². The van der Waals surface area contributed by atoms with Crippen molar-refractivity contribution in [3.63, 3.8) is 0 Å². The summed E-state index contributed by atoms with van der Waals surface area (Å²) >= 11 is 0. The van der Waals surface area contributed by atoms with Gasteiger partial charge in [0, 0.05) is 32.7 Å². The second-order valence-electron chi connectivity index (χ2n) is 2.51. The number of hydrogen-bond donors (Lipinski definition) is 0. The van der Waals surface area contributed by atoms with E-state index in [1.807, 2.05) is 0 Å². The standard InChI is InChI=1S/C8H17.CH3.Y/c1-4-6-7-8(3)5-2;;/h8H,1,4-7H2,2-3H3;1H3;/q2*-1;. The van der Waals surface area contributed by atoms with Crippen molar-refractivity contribution in [3.05, 3.63) is 14.4 Å². The summed E-state index contributed by atoms with van der Waals surface area (Å²) in [5.74, 6) is 0.914. The monoisotopic (exact) mass is 217 g/mol. The van der Waals surface area contributed by atoms with Crippen LogP contribution in [0.3, 0.4) is 0 Å². The summed E-state index contributed by atoms with van der Waals surface area (Å²) in [6.45, 7) is 8.34. The fraction of sp³-hybridized carbons (Fsp3) is 0.778. The third-order valence-corrected chi connectivity index (χ3v) is 1.64. The number of hydrogen-bond acceptors (Lipinski definition) is 0. The summed E-state index contributed by atoms with van der Waals surface area (Å²) in [5, 5.41) is 0. The Labute approximate surface area is 92.0 Å². The molecule has 0 aromatic heterocycles. The van der Waals surface area contributed by atoms with Gasteiger partial charge in [-0.15, -0.1) is 0 Å². The smallest absolute Gasteiger partial charge is 0 e. The Morgan fingerprint density at radius 3 is 2.20 bits per heavy atom. The van der Waals surface area contributed by atoms with Crippen LogP contribution in [0.1, 0.15) is 39.5 Å². The first-order valence-electron chi connectivity index (χ1n) is 3.60. The molecule has 0 aliphatic rings. The maximum absolute atomic E-state index is 3.79. The third kappa shape index (κ3) is 11.8. The van der Waals surface area contributed by atoms with Gasteiger partial charge in [-0.2, -0.15) is 6.42 Å². The van der Waals surface area contributed by atoms with E-state index in [2.05, 4.69) is 20.8 Å². The number of unbranched alkanes of at least 4 members (excludes halogenated alkanes) is 1. The van der Waals surface area contributed by atoms with Crippen LogP contribution >= 0.6 is 0 Å². The minimum atomic E-state index is 0. The third-order valence-electron chi connectivity index (χ3n) is 1.64. The molecule has 0 nitrogen and oxygen atoms in total. The predicted octanol–water partition coefficient (Wildman–Crippen LogP) is 3.48. The van der Waals surface area contributed by atoms with Crippen LogP contribution < -0.4 is 0 Å². The van der Waals surface area contributed by atoms with E-state index in [9.17, 15) is 0 Å². The van der Waals surface area contributed by atoms with Crippen molar-refractivity contribution < 1.29 is 32.7 Å². The molecule has 0 heterocycles. The van der Waals surface area contributed by atoms with Crippen molar-refractivity contribution in [2.45, 2.75) is 39.5 Å². The van der Waals surface area contributed by atoms with Gasteiger partial charge in [-0.25, -0.2) is 0 Å². The Morgan fingerprint density at radius 1 is 1.40 bits per heavy atom. The normalized spacial score (nSPS) is 11.1. The molecule has 0 bridgehead atoms. The van der Waals surface area contributed by atoms with Crippen molar-refractivity contribution >= 4 is 0 Å². The summed E-state index contributed by atoms with van der Waals surface area (Å²) in [6.07, 6.45) is 5.08. The molecule has 10 heavy (non-hydrogen) atoms. The van der Waals surface area contributed by atoms with E-state index in [0.29, 0.717) is 0 Å². The maximum atomic E-state index is 3.79. The van der Waals surface area contributed by atoms with Crippen LogP contribution in [-0.4, -0.2) is 0 Å². The van der Waals surface area contributed by atoms with Gasteiger partial charge in [0.05, 0.1) is 0 Å². The average Bonchev–Trinajstić information content (AvgIpc) is 1.83. The molecule has 0 fully saturated rings. The Balaban J connectivity index is -0.000000245. The molecule has 1 atom stereocenters. The summed E-state index contributed by atoms with van der Waals surface area (Å²) in [6, 6.07) is 0. The molecule has 0 aliphatic heterocycles. The minimum Gasteiger partial charge on any atom is -0.358 e. The molecular formula is C9H20Y-2. The maximum Gasteiger partial charge on any atom is 0 e. The molecule has 0 spiro atoms. The van der Waals surface area contributed by atoms with Gasteiger partial charge in [0.2, 0.25) is 0 Å². The predicted molar refractivity (Wildman–Crippen MR) is 45.1 cm³/mol. The molecule has 0 aromatic rings. The molecular weight excluding hydrogens is 197 g/mol. The zero-order valence-corrected chi connectivity index (χ0v) is 10.5. The summed E-state index contributed by atoms with van der Waals surface area (Å²) in [4.78, 5) is 0. The molecule has 0 rings (SSSR count). The van der Waals surface area contributed by atoms with Crippen LogP contribution in [0.2, 0.25) is 0 Å². The van der Waals surface area contributed by atoms with E-state index in [4.69, 9.17) is 0 Å². The van der Waals surface area contributed by atoms with Crippen LogP contribution in [0.25, 0.3) is 0 Å². The van der Waals surface area contributed by atoms with Gasteiger partial charge in [-0.3, -0.25) is 0 Å². The van der Waals surface area contributed by atoms with Gasteiger partial charge in [-0.05, 0) is 5.92 Å². The molecule has 1 radical (unpaired) electrons. The second kappa shape index (κ2) is 12.8. The molecule has 0 N–H and O–H groups in total. The molecule has 1 unspecified atom stereocenters. The van der Waals surface area contributed by atoms with E-state index in [1.165, 1.54) is 19.3 Å². The van der Waals surface area contributed by atoms with Crippen molar-refractivity contribution in [2.24, 2.45) is 5.92 Å². The fourth-order valence-corrected chi connectivity index (χ4v) is 0.697. The quantitative estimate of drug-likeness (QED) is 0.632. The van der Waals surface area contributed by atoms with Crippen molar-refractivity contribution in [2.75, 3.05) is 0 Å². The summed E-state index contributed by atoms with van der Waals surface area (Å²) < 4.78 is 0. The first-order valence-corrected chi connectivity index (χ1v) is 3.60. The molecule has 0 aromatic carbocycles. The average molecular weight is 217 g/mol. The van der Waals surface area contributed by atoms with Crippen LogP contribution in [0.15, 0.2) is 0 Å². The Hall–Kier alpha value is 1.10. The van der Waals surface area contributed by atoms with Crippen LogP contribution in [0.4, 0.5) is 0 Å². The van der Waals surface area contributed by atoms with Gasteiger partial charge in [0.15, 0.2) is 0 Å². The zero-order valence-electron chi connectivity index (χ0n) is 7.69. The first-order chi connectivity index (χ1) is 3.81. The molecule has 0 saturated heterocycles. The molecule has 0 amide bonds. The van der Waals surface area contributed by atoms with Crippen LogP contribution in [0, 0.1) is 20.3 Å². The summed E-state index contributed by atoms with van der Waals surface area (Å²) in [7, 11) is 0. The summed E-state index contributed by atoms with van der Waals surface area (Å²) in [5.41, 5.74) is 0. The van der Waals surface area contributed by atoms with E-state index < -0.39 is 0 Å². The zero-order chi connectivity index (χ0) is 6.41. The Kier molecular flexibility index (Phi) is 22.0. The Bertz CT molecular complexity index is 44.0. The Morgan fingerprint density at radius 2 is 1.90 bits per heavy atom. The van der Waals surface area contributed by atoms with Gasteiger partial charge in [0.1, 0.15) is 0 Å². The molecule has 1 heteroatoms. The van der Waals surface area contributed by atoms with Crippen LogP contribution in [0.5, 0.6) is 0 Å². The second-order valence-corrected chi connectivity index (χ2v) is 2.51. The fourth-order valence-electron chi connectivity index (χ4n) is 0.697. The minimum absolute atomic E-state index is 0. The molecule has 0 saturated carbocycles. The van der Waals surface area contributed by atoms with Gasteiger partial charge >= 0.3 is 0 Å². The first kappa shape index (κ1) is 17.3. The van der Waals surface area contributed by atoms with Crippen molar-refractivity contribution in [3.8, 4) is 0 Å². The molecule has 0 aliphatic carbocycles.